The summed E-state index contributed by atoms with van der Waals surface area (Å²) in [6, 6.07) is 5.47. The van der Waals surface area contributed by atoms with E-state index in [2.05, 4.69) is 4.72 Å². The third kappa shape index (κ3) is 3.18. The van der Waals surface area contributed by atoms with E-state index in [1.807, 2.05) is 0 Å². The predicted octanol–water partition coefficient (Wildman–Crippen LogP) is 0.302. The van der Waals surface area contributed by atoms with Crippen molar-refractivity contribution in [3.05, 3.63) is 29.6 Å². The minimum absolute atomic E-state index is 0.0255. The van der Waals surface area contributed by atoms with Crippen molar-refractivity contribution >= 4 is 11.4 Å². The topological polar surface area (TPSA) is 79.1 Å². The number of benzene rings is 1. The summed E-state index contributed by atoms with van der Waals surface area (Å²) in [5.74, 6) is -0.696. The number of rotatable bonds is 4. The van der Waals surface area contributed by atoms with Crippen LogP contribution in [0.4, 0.5) is 4.39 Å². The number of hydrogen-bond acceptors (Lipinski definition) is 4. The Kier molecular flexibility index (Phi) is 4.52. The van der Waals surface area contributed by atoms with Crippen molar-refractivity contribution in [1.82, 2.24) is 4.72 Å². The van der Waals surface area contributed by atoms with E-state index >= 15 is 0 Å². The van der Waals surface area contributed by atoms with E-state index in [0.29, 0.717) is 0 Å². The molecule has 0 spiro atoms. The average Bonchev–Trinajstić information content (AvgIpc) is 2.25. The number of nitrogens with one attached hydrogen (secondary N) is 1. The van der Waals surface area contributed by atoms with Gasteiger partial charge in [-0.25, -0.2) is 4.39 Å². The van der Waals surface area contributed by atoms with E-state index in [-0.39, 0.29) is 23.6 Å². The Labute approximate surface area is 89.7 Å². The fourth-order valence-electron chi connectivity index (χ4n) is 0.937. The summed E-state index contributed by atoms with van der Waals surface area (Å²) in [7, 11) is 0. The molecule has 0 radical (unpaired) electrons. The molecule has 1 aromatic rings. The van der Waals surface area contributed by atoms with Gasteiger partial charge in [0.1, 0.15) is 0 Å². The van der Waals surface area contributed by atoms with Crippen molar-refractivity contribution in [2.45, 2.75) is 4.90 Å². The van der Waals surface area contributed by atoms with Gasteiger partial charge in [0.15, 0.2) is 5.82 Å². The summed E-state index contributed by atoms with van der Waals surface area (Å²) in [4.78, 5) is -0.0255. The van der Waals surface area contributed by atoms with Gasteiger partial charge < -0.3 is 9.66 Å². The maximum Gasteiger partial charge on any atom is 0.209 e. The second-order valence-electron chi connectivity index (χ2n) is 2.64. The van der Waals surface area contributed by atoms with E-state index in [9.17, 15) is 8.94 Å². The lowest BCUT2D eigenvalue weighted by Crippen LogP contribution is -2.27. The van der Waals surface area contributed by atoms with Crippen LogP contribution in [0.15, 0.2) is 23.1 Å². The maximum absolute atomic E-state index is 13.3. The van der Waals surface area contributed by atoms with Crippen molar-refractivity contribution < 1.29 is 14.0 Å². The highest BCUT2D eigenvalue weighted by Gasteiger charge is 2.16. The molecule has 0 saturated carbocycles. The van der Waals surface area contributed by atoms with Crippen LogP contribution in [0.2, 0.25) is 0 Å². The predicted molar refractivity (Wildman–Crippen MR) is 52.6 cm³/mol. The lowest BCUT2D eigenvalue weighted by Gasteiger charge is -2.09. The van der Waals surface area contributed by atoms with E-state index in [0.717, 1.165) is 6.07 Å². The lowest BCUT2D eigenvalue weighted by molar-refractivity contribution is 0.301. The third-order valence-corrected chi connectivity index (χ3v) is 2.80. The molecule has 0 aliphatic carbocycles. The van der Waals surface area contributed by atoms with Crippen LogP contribution in [-0.4, -0.2) is 22.8 Å². The Morgan fingerprint density at radius 1 is 1.60 bits per heavy atom. The van der Waals surface area contributed by atoms with Crippen LogP contribution in [0.3, 0.4) is 0 Å². The highest BCUT2D eigenvalue weighted by molar-refractivity contribution is 7.89. The monoisotopic (exact) mass is 228 g/mol. The van der Waals surface area contributed by atoms with Gasteiger partial charge in [0, 0.05) is 0 Å². The second kappa shape index (κ2) is 5.68. The molecule has 0 amide bonds. The summed E-state index contributed by atoms with van der Waals surface area (Å²) in [5, 5.41) is 17.0. The molecule has 0 aromatic heterocycles. The van der Waals surface area contributed by atoms with Crippen molar-refractivity contribution in [3.8, 4) is 6.07 Å². The first-order chi connectivity index (χ1) is 7.19. The summed E-state index contributed by atoms with van der Waals surface area (Å²) >= 11 is -1.70. The van der Waals surface area contributed by atoms with Crippen LogP contribution in [0.25, 0.3) is 0 Å². The Morgan fingerprint density at radius 3 is 2.87 bits per heavy atom. The van der Waals surface area contributed by atoms with Gasteiger partial charge in [-0.05, 0) is 18.2 Å². The Bertz CT molecular complexity index is 381. The van der Waals surface area contributed by atoms with Crippen LogP contribution in [0.5, 0.6) is 0 Å². The molecule has 1 unspecified atom stereocenters. The Hall–Kier alpha value is -1.13. The zero-order valence-electron chi connectivity index (χ0n) is 7.74. The van der Waals surface area contributed by atoms with Crippen molar-refractivity contribution in [2.24, 2.45) is 0 Å². The van der Waals surface area contributed by atoms with Gasteiger partial charge in [0.25, 0.3) is 0 Å². The molecule has 0 aliphatic heterocycles. The second-order valence-corrected chi connectivity index (χ2v) is 3.91. The smallest absolute Gasteiger partial charge is 0.209 e. The van der Waals surface area contributed by atoms with Gasteiger partial charge in [-0.2, -0.15) is 5.26 Å². The summed E-state index contributed by atoms with van der Waals surface area (Å²) in [6.07, 6.45) is 0. The van der Waals surface area contributed by atoms with Gasteiger partial charge in [0.05, 0.1) is 36.1 Å². The lowest BCUT2D eigenvalue weighted by atomic mass is 10.2. The number of halogens is 1. The molecular weight excluding hydrogens is 219 g/mol. The number of aliphatic hydroxyl groups excluding tert-OH is 1. The SMILES string of the molecule is N#Cc1ccc([S+]([O-])NCCO)c(F)c1. The van der Waals surface area contributed by atoms with Gasteiger partial charge in [-0.15, -0.1) is 4.72 Å². The zero-order chi connectivity index (χ0) is 11.3. The molecule has 15 heavy (non-hydrogen) atoms. The number of aliphatic hydroxyl groups is 1. The highest BCUT2D eigenvalue weighted by atomic mass is 32.2. The van der Waals surface area contributed by atoms with Gasteiger partial charge in [-0.3, -0.25) is 0 Å². The third-order valence-electron chi connectivity index (χ3n) is 1.61. The van der Waals surface area contributed by atoms with E-state index in [1.165, 1.54) is 12.1 Å². The maximum atomic E-state index is 13.3. The Balaban J connectivity index is 2.82. The van der Waals surface area contributed by atoms with Crippen LogP contribution in [0.1, 0.15) is 5.56 Å². The van der Waals surface area contributed by atoms with E-state index in [1.54, 1.807) is 6.07 Å². The van der Waals surface area contributed by atoms with Crippen LogP contribution < -0.4 is 4.72 Å². The van der Waals surface area contributed by atoms with Crippen LogP contribution >= 0.6 is 0 Å². The number of hydrogen-bond donors (Lipinski definition) is 2. The molecular formula is C9H9FN2O2S. The van der Waals surface area contributed by atoms with Crippen LogP contribution in [0, 0.1) is 17.1 Å². The molecule has 0 heterocycles. The van der Waals surface area contributed by atoms with Gasteiger partial charge in [0.2, 0.25) is 4.90 Å². The highest BCUT2D eigenvalue weighted by Crippen LogP contribution is 2.15. The summed E-state index contributed by atoms with van der Waals surface area (Å²) in [6.45, 7) is -0.0598. The minimum Gasteiger partial charge on any atom is -0.593 e. The first-order valence-electron chi connectivity index (χ1n) is 4.15. The van der Waals surface area contributed by atoms with Gasteiger partial charge in [-0.1, -0.05) is 0 Å². The first-order valence-corrected chi connectivity index (χ1v) is 5.30. The fraction of sp³-hybridized carbons (Fsp3) is 0.222. The molecule has 4 nitrogen and oxygen atoms in total. The van der Waals surface area contributed by atoms with Crippen molar-refractivity contribution in [1.29, 1.82) is 5.26 Å². The number of nitrogens with zero attached hydrogens (tertiary/aromatic N) is 1. The normalized spacial score (nSPS) is 12.1. The molecule has 0 saturated heterocycles. The molecule has 0 fully saturated rings. The zero-order valence-corrected chi connectivity index (χ0v) is 8.55. The standard InChI is InChI=1S/C9H9FN2O2S/c10-8-5-7(6-11)1-2-9(8)15(14)12-3-4-13/h1-2,5,12-13H,3-4H2. The van der Waals surface area contributed by atoms with E-state index < -0.39 is 17.2 Å². The first kappa shape index (κ1) is 11.9. The number of nitriles is 1. The largest absolute Gasteiger partial charge is 0.593 e. The molecule has 1 atom stereocenters. The molecule has 0 aliphatic rings. The molecule has 2 N–H and O–H groups in total. The average molecular weight is 228 g/mol. The fourth-order valence-corrected chi connectivity index (χ4v) is 1.80. The molecule has 0 bridgehead atoms. The summed E-state index contributed by atoms with van der Waals surface area (Å²) in [5.41, 5.74) is 0.176. The minimum atomic E-state index is -1.70. The van der Waals surface area contributed by atoms with Gasteiger partial charge >= 0.3 is 0 Å². The Morgan fingerprint density at radius 2 is 2.33 bits per heavy atom. The summed E-state index contributed by atoms with van der Waals surface area (Å²) < 4.78 is 27.1. The molecule has 1 aromatic carbocycles. The molecule has 80 valence electrons. The van der Waals surface area contributed by atoms with Crippen molar-refractivity contribution in [2.75, 3.05) is 13.2 Å². The quantitative estimate of drug-likeness (QED) is 0.726. The van der Waals surface area contributed by atoms with Crippen LogP contribution in [-0.2, 0) is 11.4 Å². The molecule has 1 rings (SSSR count). The van der Waals surface area contributed by atoms with Crippen molar-refractivity contribution in [3.63, 3.8) is 0 Å². The molecule has 6 heteroatoms. The van der Waals surface area contributed by atoms with E-state index in [4.69, 9.17) is 10.4 Å².